The van der Waals surface area contributed by atoms with Crippen LogP contribution in [0.15, 0.2) is 6.20 Å². The number of aryl methyl sites for hydroxylation is 1. The Balaban J connectivity index is 0.00000180. The van der Waals surface area contributed by atoms with Gasteiger partial charge in [-0.25, -0.2) is 4.98 Å². The fraction of sp³-hybridized carbons (Fsp3) is 0.692. The van der Waals surface area contributed by atoms with Crippen LogP contribution in [0.25, 0.3) is 0 Å². The van der Waals surface area contributed by atoms with E-state index < -0.39 is 0 Å². The van der Waals surface area contributed by atoms with E-state index in [9.17, 15) is 4.79 Å². The minimum atomic E-state index is -0.315. The zero-order chi connectivity index (χ0) is 13.0. The Hall–Kier alpha value is -0.360. The van der Waals surface area contributed by atoms with Crippen LogP contribution in [0.4, 0.5) is 0 Å². The predicted molar refractivity (Wildman–Crippen MR) is 87.8 cm³/mol. The lowest BCUT2D eigenvalue weighted by Gasteiger charge is -2.25. The molecule has 1 saturated carbocycles. The van der Waals surface area contributed by atoms with Gasteiger partial charge in [-0.1, -0.05) is 19.8 Å². The van der Waals surface area contributed by atoms with Crippen molar-refractivity contribution in [2.45, 2.75) is 45.6 Å². The van der Waals surface area contributed by atoms with Gasteiger partial charge in [0.05, 0.1) is 12.0 Å². The second-order valence-electron chi connectivity index (χ2n) is 4.95. The van der Waals surface area contributed by atoms with Crippen molar-refractivity contribution in [3.63, 3.8) is 0 Å². The molecule has 0 spiro atoms. The standard InChI is InChI=1S/C13H21N3OS.2ClH/c1-2-10-7-15-11(18-10)8-16-12(17)13(9-14)5-3-4-6-13;;/h7H,2-6,8-9,14H2,1H3,(H,16,17);2*1H. The molecule has 116 valence electrons. The second kappa shape index (κ2) is 8.82. The lowest BCUT2D eigenvalue weighted by atomic mass is 9.85. The maximum absolute atomic E-state index is 12.2. The number of rotatable bonds is 5. The number of thiazole rings is 1. The Morgan fingerprint density at radius 2 is 2.10 bits per heavy atom. The topological polar surface area (TPSA) is 68.0 Å². The summed E-state index contributed by atoms with van der Waals surface area (Å²) in [5.41, 5.74) is 5.48. The van der Waals surface area contributed by atoms with Gasteiger partial charge in [-0.15, -0.1) is 36.2 Å². The van der Waals surface area contributed by atoms with Crippen molar-refractivity contribution in [3.05, 3.63) is 16.1 Å². The molecule has 1 aliphatic carbocycles. The van der Waals surface area contributed by atoms with E-state index in [-0.39, 0.29) is 36.1 Å². The molecule has 0 saturated heterocycles. The third-order valence-electron chi connectivity index (χ3n) is 3.78. The quantitative estimate of drug-likeness (QED) is 0.866. The summed E-state index contributed by atoms with van der Waals surface area (Å²) in [4.78, 5) is 17.8. The number of nitrogens with one attached hydrogen (secondary N) is 1. The summed E-state index contributed by atoms with van der Waals surface area (Å²) in [6, 6.07) is 0. The summed E-state index contributed by atoms with van der Waals surface area (Å²) in [6.45, 7) is 3.10. The zero-order valence-corrected chi connectivity index (χ0v) is 14.1. The number of aromatic nitrogens is 1. The first-order valence-corrected chi connectivity index (χ1v) is 7.44. The summed E-state index contributed by atoms with van der Waals surface area (Å²) in [6.07, 6.45) is 6.96. The van der Waals surface area contributed by atoms with Crippen LogP contribution in [0.5, 0.6) is 0 Å². The van der Waals surface area contributed by atoms with E-state index in [1.165, 1.54) is 4.88 Å². The number of amides is 1. The summed E-state index contributed by atoms with van der Waals surface area (Å²) >= 11 is 1.67. The Labute approximate surface area is 136 Å². The molecule has 3 N–H and O–H groups in total. The minimum Gasteiger partial charge on any atom is -0.349 e. The zero-order valence-electron chi connectivity index (χ0n) is 11.7. The number of hydrogen-bond donors (Lipinski definition) is 2. The van der Waals surface area contributed by atoms with E-state index in [4.69, 9.17) is 5.73 Å². The lowest BCUT2D eigenvalue weighted by molar-refractivity contribution is -0.130. The van der Waals surface area contributed by atoms with Crippen molar-refractivity contribution in [1.29, 1.82) is 0 Å². The fourth-order valence-corrected chi connectivity index (χ4v) is 3.31. The van der Waals surface area contributed by atoms with Gasteiger partial charge in [-0.05, 0) is 19.3 Å². The van der Waals surface area contributed by atoms with Crippen LogP contribution < -0.4 is 11.1 Å². The normalized spacial score (nSPS) is 16.1. The highest BCUT2D eigenvalue weighted by molar-refractivity contribution is 7.11. The first-order chi connectivity index (χ1) is 8.70. The number of hydrogen-bond acceptors (Lipinski definition) is 4. The summed E-state index contributed by atoms with van der Waals surface area (Å²) in [5, 5.41) is 3.98. The smallest absolute Gasteiger partial charge is 0.227 e. The first kappa shape index (κ1) is 19.6. The van der Waals surface area contributed by atoms with Crippen molar-refractivity contribution in [1.82, 2.24) is 10.3 Å². The molecular formula is C13H23Cl2N3OS. The van der Waals surface area contributed by atoms with E-state index in [0.29, 0.717) is 13.1 Å². The Morgan fingerprint density at radius 1 is 1.45 bits per heavy atom. The number of nitrogens with zero attached hydrogens (tertiary/aromatic N) is 1. The molecule has 0 radical (unpaired) electrons. The van der Waals surface area contributed by atoms with E-state index in [0.717, 1.165) is 37.1 Å². The molecule has 1 fully saturated rings. The van der Waals surface area contributed by atoms with Crippen LogP contribution in [0.2, 0.25) is 0 Å². The van der Waals surface area contributed by atoms with Crippen LogP contribution in [0.1, 0.15) is 42.5 Å². The second-order valence-corrected chi connectivity index (χ2v) is 6.15. The van der Waals surface area contributed by atoms with E-state index in [1.54, 1.807) is 11.3 Å². The Morgan fingerprint density at radius 3 is 2.60 bits per heavy atom. The predicted octanol–water partition coefficient (Wildman–Crippen LogP) is 2.68. The fourth-order valence-electron chi connectivity index (χ4n) is 2.51. The summed E-state index contributed by atoms with van der Waals surface area (Å²) in [7, 11) is 0. The highest BCUT2D eigenvalue weighted by atomic mass is 35.5. The van der Waals surface area contributed by atoms with Gasteiger partial charge in [-0.2, -0.15) is 0 Å². The molecule has 0 aliphatic heterocycles. The molecular weight excluding hydrogens is 317 g/mol. The minimum absolute atomic E-state index is 0. The molecule has 4 nitrogen and oxygen atoms in total. The molecule has 1 amide bonds. The lowest BCUT2D eigenvalue weighted by Crippen LogP contribution is -2.43. The first-order valence-electron chi connectivity index (χ1n) is 6.62. The van der Waals surface area contributed by atoms with Gasteiger partial charge in [0.1, 0.15) is 5.01 Å². The van der Waals surface area contributed by atoms with Gasteiger partial charge < -0.3 is 11.1 Å². The van der Waals surface area contributed by atoms with Crippen molar-refractivity contribution in [3.8, 4) is 0 Å². The molecule has 1 aliphatic rings. The van der Waals surface area contributed by atoms with Crippen molar-refractivity contribution in [2.24, 2.45) is 11.1 Å². The van der Waals surface area contributed by atoms with Crippen LogP contribution in [-0.4, -0.2) is 17.4 Å². The van der Waals surface area contributed by atoms with Crippen molar-refractivity contribution >= 4 is 42.1 Å². The molecule has 0 bridgehead atoms. The monoisotopic (exact) mass is 339 g/mol. The number of halogens is 2. The van der Waals surface area contributed by atoms with Crippen molar-refractivity contribution < 1.29 is 4.79 Å². The maximum atomic E-state index is 12.2. The largest absolute Gasteiger partial charge is 0.349 e. The van der Waals surface area contributed by atoms with Crippen molar-refractivity contribution in [2.75, 3.05) is 6.54 Å². The summed E-state index contributed by atoms with van der Waals surface area (Å²) in [5.74, 6) is 0.107. The van der Waals surface area contributed by atoms with Gasteiger partial charge >= 0.3 is 0 Å². The van der Waals surface area contributed by atoms with Gasteiger partial charge in [0.15, 0.2) is 0 Å². The van der Waals surface area contributed by atoms with Crippen LogP contribution in [-0.2, 0) is 17.8 Å². The van der Waals surface area contributed by atoms with Gasteiger partial charge in [0.2, 0.25) is 5.91 Å². The number of carbonyl (C=O) groups is 1. The molecule has 1 aromatic heterocycles. The number of carbonyl (C=O) groups excluding carboxylic acids is 1. The highest BCUT2D eigenvalue weighted by Crippen LogP contribution is 2.37. The highest BCUT2D eigenvalue weighted by Gasteiger charge is 2.39. The summed E-state index contributed by atoms with van der Waals surface area (Å²) < 4.78 is 0. The molecule has 0 aromatic carbocycles. The molecule has 2 rings (SSSR count). The van der Waals surface area contributed by atoms with Gasteiger partial charge in [0, 0.05) is 17.6 Å². The van der Waals surface area contributed by atoms with Crippen LogP contribution in [0, 0.1) is 5.41 Å². The molecule has 20 heavy (non-hydrogen) atoms. The van der Waals surface area contributed by atoms with E-state index >= 15 is 0 Å². The SMILES string of the molecule is CCc1cnc(CNC(=O)C2(CN)CCCC2)s1.Cl.Cl. The van der Waals surface area contributed by atoms with Gasteiger partial charge in [-0.3, -0.25) is 4.79 Å². The average Bonchev–Trinajstić information content (AvgIpc) is 3.05. The third kappa shape index (κ3) is 4.32. The van der Waals surface area contributed by atoms with Gasteiger partial charge in [0.25, 0.3) is 0 Å². The third-order valence-corrected chi connectivity index (χ3v) is 4.92. The molecule has 1 heterocycles. The molecule has 0 unspecified atom stereocenters. The average molecular weight is 340 g/mol. The van der Waals surface area contributed by atoms with Crippen LogP contribution in [0.3, 0.4) is 0 Å². The van der Waals surface area contributed by atoms with E-state index in [1.807, 2.05) is 6.20 Å². The maximum Gasteiger partial charge on any atom is 0.227 e. The Bertz CT molecular complexity index is 420. The number of nitrogens with two attached hydrogens (primary N) is 1. The van der Waals surface area contributed by atoms with Crippen LogP contribution >= 0.6 is 36.2 Å². The molecule has 0 atom stereocenters. The molecule has 1 aromatic rings. The van der Waals surface area contributed by atoms with E-state index in [2.05, 4.69) is 17.2 Å². The Kier molecular flexibility index (Phi) is 8.66. The molecule has 7 heteroatoms.